The third-order valence-electron chi connectivity index (χ3n) is 2.52. The maximum atomic E-state index is 10.5. The predicted octanol–water partition coefficient (Wildman–Crippen LogP) is 2.07. The summed E-state index contributed by atoms with van der Waals surface area (Å²) < 4.78 is 0. The van der Waals surface area contributed by atoms with E-state index in [0.29, 0.717) is 0 Å². The molecule has 0 rings (SSSR count). The first-order valence-corrected chi connectivity index (χ1v) is 4.34. The molecule has 0 aromatic rings. The minimum atomic E-state index is -0.0674. The molecule has 0 aromatic heterocycles. The van der Waals surface area contributed by atoms with Crippen molar-refractivity contribution >= 4 is 12.6 Å². The van der Waals surface area contributed by atoms with Gasteiger partial charge in [0.2, 0.25) is 0 Å². The van der Waals surface area contributed by atoms with Crippen LogP contribution in [0.5, 0.6) is 0 Å². The Balaban J connectivity index is 4.19. The van der Waals surface area contributed by atoms with Gasteiger partial charge in [-0.2, -0.15) is 0 Å². The second kappa shape index (κ2) is 4.39. The van der Waals surface area contributed by atoms with Crippen LogP contribution < -0.4 is 0 Å². The molecular formula is C10H18O2. The maximum absolute atomic E-state index is 10.5. The van der Waals surface area contributed by atoms with E-state index >= 15 is 0 Å². The van der Waals surface area contributed by atoms with Crippen molar-refractivity contribution in [1.82, 2.24) is 0 Å². The van der Waals surface area contributed by atoms with Gasteiger partial charge in [0.05, 0.1) is 0 Å². The molecule has 0 amide bonds. The topological polar surface area (TPSA) is 34.1 Å². The van der Waals surface area contributed by atoms with Gasteiger partial charge in [0.1, 0.15) is 12.6 Å². The minimum Gasteiger partial charge on any atom is -0.303 e. The van der Waals surface area contributed by atoms with Gasteiger partial charge >= 0.3 is 0 Å². The highest BCUT2D eigenvalue weighted by Crippen LogP contribution is 2.31. The molecule has 0 aromatic carbocycles. The smallest absolute Gasteiger partial charge is 0.123 e. The van der Waals surface area contributed by atoms with Crippen LogP contribution in [0.25, 0.3) is 0 Å². The fourth-order valence-electron chi connectivity index (χ4n) is 1.25. The molecule has 2 unspecified atom stereocenters. The van der Waals surface area contributed by atoms with E-state index in [4.69, 9.17) is 0 Å². The Morgan fingerprint density at radius 3 is 2.00 bits per heavy atom. The predicted molar refractivity (Wildman–Crippen MR) is 48.9 cm³/mol. The van der Waals surface area contributed by atoms with Gasteiger partial charge in [0.25, 0.3) is 0 Å². The molecule has 0 saturated carbocycles. The van der Waals surface area contributed by atoms with Crippen LogP contribution in [0.3, 0.4) is 0 Å². The first-order valence-electron chi connectivity index (χ1n) is 4.34. The van der Waals surface area contributed by atoms with E-state index in [9.17, 15) is 9.59 Å². The molecule has 12 heavy (non-hydrogen) atoms. The fraction of sp³-hybridized carbons (Fsp3) is 0.800. The van der Waals surface area contributed by atoms with Gasteiger partial charge in [-0.15, -0.1) is 0 Å². The summed E-state index contributed by atoms with van der Waals surface area (Å²) in [5.74, 6) is 0.0577. The van der Waals surface area contributed by atoms with E-state index < -0.39 is 0 Å². The molecule has 0 aliphatic carbocycles. The Morgan fingerprint density at radius 1 is 1.17 bits per heavy atom. The Labute approximate surface area is 74.3 Å². The van der Waals surface area contributed by atoms with E-state index in [-0.39, 0.29) is 17.3 Å². The zero-order chi connectivity index (χ0) is 9.78. The Bertz CT molecular complexity index is 161. The van der Waals surface area contributed by atoms with Gasteiger partial charge in [0, 0.05) is 11.8 Å². The van der Waals surface area contributed by atoms with E-state index in [1.165, 1.54) is 0 Å². The second-order valence-electron chi connectivity index (χ2n) is 4.23. The summed E-state index contributed by atoms with van der Waals surface area (Å²) in [7, 11) is 0. The van der Waals surface area contributed by atoms with Crippen molar-refractivity contribution in [2.24, 2.45) is 17.3 Å². The lowest BCUT2D eigenvalue weighted by Crippen LogP contribution is -2.25. The number of hydrogen-bond donors (Lipinski definition) is 0. The van der Waals surface area contributed by atoms with Gasteiger partial charge < -0.3 is 9.59 Å². The lowest BCUT2D eigenvalue weighted by molar-refractivity contribution is -0.116. The molecule has 2 heteroatoms. The molecule has 0 fully saturated rings. The van der Waals surface area contributed by atoms with E-state index in [1.807, 2.05) is 27.7 Å². The summed E-state index contributed by atoms with van der Waals surface area (Å²) in [6.45, 7) is 7.81. The Hall–Kier alpha value is -0.660. The summed E-state index contributed by atoms with van der Waals surface area (Å²) >= 11 is 0. The highest BCUT2D eigenvalue weighted by atomic mass is 16.1. The maximum Gasteiger partial charge on any atom is 0.123 e. The third kappa shape index (κ3) is 3.16. The standard InChI is InChI=1S/C10H18O2/c1-8(6-11)5-10(3,4)9(2)7-12/h6-9H,5H2,1-4H3. The molecular weight excluding hydrogens is 152 g/mol. The minimum absolute atomic E-state index is 0.0138. The zero-order valence-corrected chi connectivity index (χ0v) is 8.33. The van der Waals surface area contributed by atoms with Crippen LogP contribution >= 0.6 is 0 Å². The third-order valence-corrected chi connectivity index (χ3v) is 2.52. The van der Waals surface area contributed by atoms with Gasteiger partial charge in [-0.1, -0.05) is 27.7 Å². The second-order valence-corrected chi connectivity index (χ2v) is 4.23. The van der Waals surface area contributed by atoms with Crippen molar-refractivity contribution in [1.29, 1.82) is 0 Å². The van der Waals surface area contributed by atoms with Crippen LogP contribution in [-0.2, 0) is 9.59 Å². The molecule has 0 aliphatic heterocycles. The lowest BCUT2D eigenvalue weighted by atomic mass is 9.75. The first kappa shape index (κ1) is 11.3. The summed E-state index contributed by atoms with van der Waals surface area (Å²) in [6.07, 6.45) is 2.67. The number of hydrogen-bond acceptors (Lipinski definition) is 2. The van der Waals surface area contributed by atoms with E-state index in [2.05, 4.69) is 0 Å². The van der Waals surface area contributed by atoms with Crippen molar-refractivity contribution in [2.45, 2.75) is 34.1 Å². The van der Waals surface area contributed by atoms with Gasteiger partial charge in [-0.05, 0) is 11.8 Å². The van der Waals surface area contributed by atoms with Crippen LogP contribution in [0.2, 0.25) is 0 Å². The van der Waals surface area contributed by atoms with Gasteiger partial charge in [-0.3, -0.25) is 0 Å². The zero-order valence-electron chi connectivity index (χ0n) is 8.33. The molecule has 0 heterocycles. The number of aldehydes is 2. The largest absolute Gasteiger partial charge is 0.303 e. The van der Waals surface area contributed by atoms with Crippen LogP contribution in [0.4, 0.5) is 0 Å². The highest BCUT2D eigenvalue weighted by Gasteiger charge is 2.27. The SMILES string of the molecule is CC(C=O)CC(C)(C)C(C)C=O. The first-order chi connectivity index (χ1) is 5.44. The molecule has 70 valence electrons. The molecule has 0 spiro atoms. The van der Waals surface area contributed by atoms with Crippen molar-refractivity contribution < 1.29 is 9.59 Å². The quantitative estimate of drug-likeness (QED) is 0.592. The normalized spacial score (nSPS) is 16.7. The van der Waals surface area contributed by atoms with Crippen molar-refractivity contribution in [3.8, 4) is 0 Å². The molecule has 0 N–H and O–H groups in total. The monoisotopic (exact) mass is 170 g/mol. The van der Waals surface area contributed by atoms with Crippen LogP contribution in [0.15, 0.2) is 0 Å². The average Bonchev–Trinajstić information content (AvgIpc) is 2.02. The number of rotatable bonds is 5. The van der Waals surface area contributed by atoms with Gasteiger partial charge in [0.15, 0.2) is 0 Å². The number of carbonyl (C=O) groups excluding carboxylic acids is 2. The van der Waals surface area contributed by atoms with Gasteiger partial charge in [-0.25, -0.2) is 0 Å². The Morgan fingerprint density at radius 2 is 1.67 bits per heavy atom. The van der Waals surface area contributed by atoms with Crippen molar-refractivity contribution in [2.75, 3.05) is 0 Å². The van der Waals surface area contributed by atoms with Crippen LogP contribution in [0.1, 0.15) is 34.1 Å². The summed E-state index contributed by atoms with van der Waals surface area (Å²) in [4.78, 5) is 20.9. The highest BCUT2D eigenvalue weighted by molar-refractivity contribution is 5.55. The van der Waals surface area contributed by atoms with Crippen molar-refractivity contribution in [3.63, 3.8) is 0 Å². The molecule has 2 atom stereocenters. The summed E-state index contributed by atoms with van der Waals surface area (Å²) in [5.41, 5.74) is -0.0674. The molecule has 0 saturated heterocycles. The van der Waals surface area contributed by atoms with Crippen LogP contribution in [-0.4, -0.2) is 12.6 Å². The number of carbonyl (C=O) groups is 2. The average molecular weight is 170 g/mol. The molecule has 2 nitrogen and oxygen atoms in total. The lowest BCUT2D eigenvalue weighted by Gasteiger charge is -2.29. The molecule has 0 bridgehead atoms. The summed E-state index contributed by atoms with van der Waals surface area (Å²) in [6, 6.07) is 0. The van der Waals surface area contributed by atoms with Crippen LogP contribution in [0, 0.1) is 17.3 Å². The van der Waals surface area contributed by atoms with E-state index in [1.54, 1.807) is 0 Å². The molecule has 0 aliphatic rings. The molecule has 0 radical (unpaired) electrons. The Kier molecular flexibility index (Phi) is 4.15. The fourth-order valence-corrected chi connectivity index (χ4v) is 1.25. The van der Waals surface area contributed by atoms with E-state index in [0.717, 1.165) is 19.0 Å². The van der Waals surface area contributed by atoms with Crippen molar-refractivity contribution in [3.05, 3.63) is 0 Å². The summed E-state index contributed by atoms with van der Waals surface area (Å²) in [5, 5.41) is 0.